The Hall–Kier alpha value is 0.0169. The minimum absolute atomic E-state index is 0.0181. The van der Waals surface area contributed by atoms with Crippen LogP contribution in [0.3, 0.4) is 0 Å². The van der Waals surface area contributed by atoms with Crippen LogP contribution in [-0.4, -0.2) is 60.3 Å². The molecule has 0 spiro atoms. The van der Waals surface area contributed by atoms with Crippen LogP contribution in [0.1, 0.15) is 67.2 Å². The second-order valence-electron chi connectivity index (χ2n) is 10.3. The van der Waals surface area contributed by atoms with E-state index in [1.165, 1.54) is 0 Å². The highest BCUT2D eigenvalue weighted by atomic mass is 28.4. The topological polar surface area (TPSA) is 79.2 Å². The zero-order valence-electron chi connectivity index (χ0n) is 18.1. The molecule has 1 heterocycles. The van der Waals surface area contributed by atoms with E-state index in [0.717, 1.165) is 0 Å². The van der Waals surface area contributed by atoms with Crippen LogP contribution in [0.4, 0.5) is 0 Å². The van der Waals surface area contributed by atoms with Gasteiger partial charge < -0.3 is 24.5 Å². The van der Waals surface area contributed by atoms with Gasteiger partial charge in [-0.15, -0.1) is 0 Å². The van der Waals surface area contributed by atoms with Gasteiger partial charge in [-0.05, 0) is 64.6 Å². The van der Waals surface area contributed by atoms with Gasteiger partial charge in [0.15, 0.2) is 8.32 Å². The standard InChI is InChI=1S/C20H42O5Si/c1-18(2,3)26(7,8)24-14-15(13-21)9-10-17(23)20(6)12-11-16(22)19(4,5)25-20/h15-17,21-23H,9-14H2,1-8H3/t15-,16+,17?,20+/m1/s1. The molecule has 0 aromatic heterocycles. The maximum Gasteiger partial charge on any atom is 0.191 e. The molecular weight excluding hydrogens is 348 g/mol. The van der Waals surface area contributed by atoms with E-state index in [1.54, 1.807) is 0 Å². The van der Waals surface area contributed by atoms with Crippen molar-refractivity contribution >= 4 is 8.32 Å². The fraction of sp³-hybridized carbons (Fsp3) is 1.00. The maximum absolute atomic E-state index is 10.7. The van der Waals surface area contributed by atoms with E-state index in [9.17, 15) is 15.3 Å². The summed E-state index contributed by atoms with van der Waals surface area (Å²) in [5.41, 5.74) is -1.32. The highest BCUT2D eigenvalue weighted by molar-refractivity contribution is 6.74. The van der Waals surface area contributed by atoms with Crippen molar-refractivity contribution in [2.75, 3.05) is 13.2 Å². The fourth-order valence-electron chi connectivity index (χ4n) is 3.19. The quantitative estimate of drug-likeness (QED) is 0.553. The molecule has 0 aliphatic carbocycles. The number of aliphatic hydroxyl groups excluding tert-OH is 3. The lowest BCUT2D eigenvalue weighted by Crippen LogP contribution is -2.56. The van der Waals surface area contributed by atoms with E-state index in [2.05, 4.69) is 33.9 Å². The lowest BCUT2D eigenvalue weighted by atomic mass is 9.81. The Morgan fingerprint density at radius 3 is 2.23 bits per heavy atom. The molecule has 0 amide bonds. The van der Waals surface area contributed by atoms with Crippen molar-refractivity contribution in [3.05, 3.63) is 0 Å². The van der Waals surface area contributed by atoms with Crippen molar-refractivity contribution in [1.29, 1.82) is 0 Å². The van der Waals surface area contributed by atoms with E-state index < -0.39 is 31.7 Å². The lowest BCUT2D eigenvalue weighted by Gasteiger charge is -2.48. The van der Waals surface area contributed by atoms with Crippen molar-refractivity contribution in [3.63, 3.8) is 0 Å². The van der Waals surface area contributed by atoms with Gasteiger partial charge in [-0.3, -0.25) is 0 Å². The van der Waals surface area contributed by atoms with Gasteiger partial charge in [0.25, 0.3) is 0 Å². The normalized spacial score (nSPS) is 29.4. The van der Waals surface area contributed by atoms with Gasteiger partial charge in [-0.25, -0.2) is 0 Å². The van der Waals surface area contributed by atoms with Gasteiger partial charge in [0, 0.05) is 19.1 Å². The molecule has 1 aliphatic heterocycles. The average molecular weight is 391 g/mol. The number of aliphatic hydroxyl groups is 3. The van der Waals surface area contributed by atoms with Gasteiger partial charge >= 0.3 is 0 Å². The molecule has 1 rings (SSSR count). The maximum atomic E-state index is 10.7. The van der Waals surface area contributed by atoms with Gasteiger partial charge in [0.05, 0.1) is 23.4 Å². The molecule has 26 heavy (non-hydrogen) atoms. The van der Waals surface area contributed by atoms with Crippen LogP contribution in [0.2, 0.25) is 18.1 Å². The Labute approximate surface area is 161 Å². The Kier molecular flexibility index (Phi) is 7.94. The third kappa shape index (κ3) is 6.01. The summed E-state index contributed by atoms with van der Waals surface area (Å²) in [4.78, 5) is 0. The van der Waals surface area contributed by atoms with E-state index >= 15 is 0 Å². The van der Waals surface area contributed by atoms with Crippen LogP contribution in [0.25, 0.3) is 0 Å². The summed E-state index contributed by atoms with van der Waals surface area (Å²) in [5.74, 6) is 0.0181. The first kappa shape index (κ1) is 24.1. The number of hydrogen-bond acceptors (Lipinski definition) is 5. The summed E-state index contributed by atoms with van der Waals surface area (Å²) in [5, 5.41) is 30.7. The van der Waals surface area contributed by atoms with Crippen LogP contribution in [0, 0.1) is 5.92 Å². The highest BCUT2D eigenvalue weighted by Crippen LogP contribution is 2.39. The van der Waals surface area contributed by atoms with Crippen LogP contribution < -0.4 is 0 Å². The molecule has 4 atom stereocenters. The minimum atomic E-state index is -1.84. The zero-order chi connectivity index (χ0) is 20.4. The smallest absolute Gasteiger partial charge is 0.191 e. The first-order valence-corrected chi connectivity index (χ1v) is 12.9. The molecule has 3 N–H and O–H groups in total. The molecule has 0 aromatic rings. The Morgan fingerprint density at radius 2 is 1.77 bits per heavy atom. The van der Waals surface area contributed by atoms with Crippen molar-refractivity contribution in [3.8, 4) is 0 Å². The van der Waals surface area contributed by atoms with E-state index in [4.69, 9.17) is 9.16 Å². The Bertz CT molecular complexity index is 446. The SMILES string of the molecule is CC1(C)O[C@](C)(C(O)CC[C@H](CO)CO[Si](C)(C)C(C)(C)C)CC[C@@H]1O. The van der Waals surface area contributed by atoms with Crippen LogP contribution in [-0.2, 0) is 9.16 Å². The first-order chi connectivity index (χ1) is 11.6. The van der Waals surface area contributed by atoms with Gasteiger partial charge in [-0.1, -0.05) is 20.8 Å². The molecule has 0 saturated carbocycles. The fourth-order valence-corrected chi connectivity index (χ4v) is 4.28. The molecule has 156 valence electrons. The minimum Gasteiger partial charge on any atom is -0.416 e. The van der Waals surface area contributed by atoms with Crippen LogP contribution >= 0.6 is 0 Å². The van der Waals surface area contributed by atoms with Gasteiger partial charge in [0.2, 0.25) is 0 Å². The van der Waals surface area contributed by atoms with Crippen LogP contribution in [0.5, 0.6) is 0 Å². The second-order valence-corrected chi connectivity index (χ2v) is 15.1. The summed E-state index contributed by atoms with van der Waals surface area (Å²) in [6, 6.07) is 0. The van der Waals surface area contributed by atoms with Gasteiger partial charge in [-0.2, -0.15) is 0 Å². The largest absolute Gasteiger partial charge is 0.416 e. The second kappa shape index (κ2) is 8.58. The number of rotatable bonds is 8. The molecule has 1 aliphatic rings. The monoisotopic (exact) mass is 390 g/mol. The molecular formula is C20H42O5Si. The molecule has 0 radical (unpaired) electrons. The first-order valence-electron chi connectivity index (χ1n) is 9.96. The van der Waals surface area contributed by atoms with E-state index in [-0.39, 0.29) is 17.6 Å². The van der Waals surface area contributed by atoms with Crippen LogP contribution in [0.15, 0.2) is 0 Å². The van der Waals surface area contributed by atoms with E-state index in [1.807, 2.05) is 20.8 Å². The van der Waals surface area contributed by atoms with Gasteiger partial charge in [0.1, 0.15) is 0 Å². The zero-order valence-corrected chi connectivity index (χ0v) is 19.1. The molecule has 1 unspecified atom stereocenters. The molecule has 1 saturated heterocycles. The van der Waals surface area contributed by atoms with Crippen molar-refractivity contribution in [1.82, 2.24) is 0 Å². The molecule has 0 bridgehead atoms. The predicted octanol–water partition coefficient (Wildman–Crippen LogP) is 3.47. The average Bonchev–Trinajstić information content (AvgIpc) is 2.49. The van der Waals surface area contributed by atoms with Crippen molar-refractivity contribution in [2.45, 2.75) is 109 Å². The number of hydrogen-bond donors (Lipinski definition) is 3. The molecule has 6 heteroatoms. The third-order valence-corrected chi connectivity index (χ3v) is 11.0. The summed E-state index contributed by atoms with van der Waals surface area (Å²) in [7, 11) is -1.84. The Balaban J connectivity index is 2.57. The molecule has 1 fully saturated rings. The Morgan fingerprint density at radius 1 is 1.19 bits per heavy atom. The van der Waals surface area contributed by atoms with Crippen molar-refractivity contribution < 1.29 is 24.5 Å². The molecule has 0 aromatic carbocycles. The summed E-state index contributed by atoms with van der Waals surface area (Å²) < 4.78 is 12.3. The molecule has 5 nitrogen and oxygen atoms in total. The number of ether oxygens (including phenoxy) is 1. The third-order valence-electron chi connectivity index (χ3n) is 6.51. The predicted molar refractivity (Wildman–Crippen MR) is 108 cm³/mol. The summed E-state index contributed by atoms with van der Waals surface area (Å²) in [6.45, 7) is 17.3. The van der Waals surface area contributed by atoms with Crippen molar-refractivity contribution in [2.24, 2.45) is 5.92 Å². The summed E-state index contributed by atoms with van der Waals surface area (Å²) >= 11 is 0. The summed E-state index contributed by atoms with van der Waals surface area (Å²) in [6.07, 6.45) is 1.35. The van der Waals surface area contributed by atoms with E-state index in [0.29, 0.717) is 32.3 Å². The lowest BCUT2D eigenvalue weighted by molar-refractivity contribution is -0.245. The highest BCUT2D eigenvalue weighted by Gasteiger charge is 2.46.